The van der Waals surface area contributed by atoms with Gasteiger partial charge < -0.3 is 10.6 Å². The van der Waals surface area contributed by atoms with Crippen LogP contribution in [0.5, 0.6) is 0 Å². The van der Waals surface area contributed by atoms with Gasteiger partial charge in [-0.1, -0.05) is 0 Å². The largest absolute Gasteiger partial charge is 0.353 e. The van der Waals surface area contributed by atoms with Crippen molar-refractivity contribution in [2.24, 2.45) is 5.92 Å². The zero-order valence-corrected chi connectivity index (χ0v) is 14.1. The number of amides is 1. The highest BCUT2D eigenvalue weighted by atomic mass is 16.1. The number of carbonyl (C=O) groups excluding carboxylic acids is 1. The maximum Gasteiger partial charge on any atom is 0.220 e. The Kier molecular flexibility index (Phi) is 6.06. The Morgan fingerprint density at radius 1 is 1.24 bits per heavy atom. The van der Waals surface area contributed by atoms with Crippen LogP contribution in [0.1, 0.15) is 59.3 Å². The Balaban J connectivity index is 1.62. The van der Waals surface area contributed by atoms with Crippen LogP contribution in [0.4, 0.5) is 0 Å². The molecule has 2 aliphatic rings. The molecular weight excluding hydrogens is 262 g/mol. The van der Waals surface area contributed by atoms with Crippen LogP contribution in [0.3, 0.4) is 0 Å². The van der Waals surface area contributed by atoms with E-state index in [0.29, 0.717) is 18.4 Å². The van der Waals surface area contributed by atoms with Crippen molar-refractivity contribution in [3.8, 4) is 0 Å². The van der Waals surface area contributed by atoms with Gasteiger partial charge in [0.05, 0.1) is 0 Å². The minimum absolute atomic E-state index is 0.253. The third kappa shape index (κ3) is 5.59. The normalized spacial score (nSPS) is 25.8. The third-order valence-corrected chi connectivity index (χ3v) is 4.99. The minimum Gasteiger partial charge on any atom is -0.353 e. The van der Waals surface area contributed by atoms with E-state index in [4.69, 9.17) is 0 Å². The molecule has 4 nitrogen and oxygen atoms in total. The fraction of sp³-hybridized carbons (Fsp3) is 0.941. The van der Waals surface area contributed by atoms with Crippen LogP contribution < -0.4 is 10.6 Å². The fourth-order valence-electron chi connectivity index (χ4n) is 3.50. The van der Waals surface area contributed by atoms with Gasteiger partial charge in [0.15, 0.2) is 0 Å². The predicted octanol–water partition coefficient (Wildman–Crippen LogP) is 2.15. The molecule has 2 N–H and O–H groups in total. The summed E-state index contributed by atoms with van der Waals surface area (Å²) in [4.78, 5) is 14.6. The van der Waals surface area contributed by atoms with Crippen molar-refractivity contribution in [3.05, 3.63) is 0 Å². The van der Waals surface area contributed by atoms with Crippen molar-refractivity contribution < 1.29 is 4.79 Å². The molecule has 1 unspecified atom stereocenters. The summed E-state index contributed by atoms with van der Waals surface area (Å²) in [5.74, 6) is 0.960. The zero-order valence-electron chi connectivity index (χ0n) is 14.1. The first kappa shape index (κ1) is 16.8. The summed E-state index contributed by atoms with van der Waals surface area (Å²) < 4.78 is 0. The standard InChI is InChI=1S/C17H33N3O/c1-17(2,3)20-11-8-15(9-12-20)19-16(21)7-6-14-5-4-10-18-13-14/h14-15,18H,4-13H2,1-3H3,(H,19,21). The van der Waals surface area contributed by atoms with E-state index in [0.717, 1.165) is 45.4 Å². The lowest BCUT2D eigenvalue weighted by atomic mass is 9.94. The van der Waals surface area contributed by atoms with Crippen LogP contribution in [0, 0.1) is 5.92 Å². The van der Waals surface area contributed by atoms with Crippen LogP contribution in [0.2, 0.25) is 0 Å². The molecule has 0 bridgehead atoms. The number of likely N-dealkylation sites (tertiary alicyclic amines) is 1. The SMILES string of the molecule is CC(C)(C)N1CCC(NC(=O)CCC2CCCNC2)CC1. The number of hydrogen-bond donors (Lipinski definition) is 2. The Bertz CT molecular complexity index is 323. The number of hydrogen-bond acceptors (Lipinski definition) is 3. The topological polar surface area (TPSA) is 44.4 Å². The molecular formula is C17H33N3O. The highest BCUT2D eigenvalue weighted by molar-refractivity contribution is 5.76. The predicted molar refractivity (Wildman–Crippen MR) is 87.3 cm³/mol. The molecule has 21 heavy (non-hydrogen) atoms. The van der Waals surface area contributed by atoms with Gasteiger partial charge in [0.2, 0.25) is 5.91 Å². The highest BCUT2D eigenvalue weighted by Crippen LogP contribution is 2.20. The van der Waals surface area contributed by atoms with E-state index in [-0.39, 0.29) is 11.4 Å². The first-order valence-electron chi connectivity index (χ1n) is 8.70. The van der Waals surface area contributed by atoms with Gasteiger partial charge in [0, 0.05) is 31.1 Å². The quantitative estimate of drug-likeness (QED) is 0.835. The van der Waals surface area contributed by atoms with Crippen molar-refractivity contribution in [2.75, 3.05) is 26.2 Å². The summed E-state index contributed by atoms with van der Waals surface area (Å²) in [6, 6.07) is 0.389. The summed E-state index contributed by atoms with van der Waals surface area (Å²) in [7, 11) is 0. The van der Waals surface area contributed by atoms with Gasteiger partial charge in [-0.25, -0.2) is 0 Å². The number of carbonyl (C=O) groups is 1. The third-order valence-electron chi connectivity index (χ3n) is 4.99. The Morgan fingerprint density at radius 3 is 2.52 bits per heavy atom. The molecule has 0 aromatic rings. The summed E-state index contributed by atoms with van der Waals surface area (Å²) in [6.07, 6.45) is 6.47. The van der Waals surface area contributed by atoms with Gasteiger partial charge in [0.1, 0.15) is 0 Å². The van der Waals surface area contributed by atoms with Crippen LogP contribution in [0.25, 0.3) is 0 Å². The van der Waals surface area contributed by atoms with Crippen molar-refractivity contribution in [1.29, 1.82) is 0 Å². The Hall–Kier alpha value is -0.610. The molecule has 2 heterocycles. The van der Waals surface area contributed by atoms with E-state index >= 15 is 0 Å². The number of nitrogens with zero attached hydrogens (tertiary/aromatic N) is 1. The van der Waals surface area contributed by atoms with E-state index in [1.165, 1.54) is 12.8 Å². The van der Waals surface area contributed by atoms with Crippen LogP contribution in [0.15, 0.2) is 0 Å². The first-order chi connectivity index (χ1) is 9.95. The molecule has 4 heteroatoms. The molecule has 1 atom stereocenters. The van der Waals surface area contributed by atoms with Gasteiger partial charge in [-0.15, -0.1) is 0 Å². The Labute approximate surface area is 130 Å². The minimum atomic E-state index is 0.253. The average Bonchev–Trinajstić information content (AvgIpc) is 2.46. The second-order valence-corrected chi connectivity index (χ2v) is 7.75. The molecule has 0 aliphatic carbocycles. The molecule has 2 fully saturated rings. The van der Waals surface area contributed by atoms with E-state index in [2.05, 4.69) is 36.3 Å². The summed E-state index contributed by atoms with van der Waals surface area (Å²) in [5, 5.41) is 6.67. The lowest BCUT2D eigenvalue weighted by Gasteiger charge is -2.41. The number of piperidine rings is 2. The lowest BCUT2D eigenvalue weighted by Crippen LogP contribution is -2.50. The zero-order chi connectivity index (χ0) is 15.3. The van der Waals surface area contributed by atoms with Crippen LogP contribution >= 0.6 is 0 Å². The maximum absolute atomic E-state index is 12.1. The average molecular weight is 295 g/mol. The summed E-state index contributed by atoms with van der Waals surface area (Å²) in [6.45, 7) is 11.2. The van der Waals surface area contributed by atoms with Gasteiger partial charge in [-0.05, 0) is 71.9 Å². The molecule has 0 spiro atoms. The highest BCUT2D eigenvalue weighted by Gasteiger charge is 2.27. The molecule has 1 amide bonds. The monoisotopic (exact) mass is 295 g/mol. The lowest BCUT2D eigenvalue weighted by molar-refractivity contribution is -0.122. The molecule has 122 valence electrons. The molecule has 0 radical (unpaired) electrons. The fourth-order valence-corrected chi connectivity index (χ4v) is 3.50. The van der Waals surface area contributed by atoms with Crippen molar-refractivity contribution in [3.63, 3.8) is 0 Å². The van der Waals surface area contributed by atoms with Crippen molar-refractivity contribution in [1.82, 2.24) is 15.5 Å². The number of nitrogens with one attached hydrogen (secondary N) is 2. The van der Waals surface area contributed by atoms with Crippen molar-refractivity contribution in [2.45, 2.75) is 70.9 Å². The molecule has 2 rings (SSSR count). The van der Waals surface area contributed by atoms with E-state index in [1.807, 2.05) is 0 Å². The van der Waals surface area contributed by atoms with Crippen LogP contribution in [-0.4, -0.2) is 48.6 Å². The molecule has 0 aromatic carbocycles. The molecule has 0 saturated carbocycles. The Morgan fingerprint density at radius 2 is 1.95 bits per heavy atom. The molecule has 2 aliphatic heterocycles. The van der Waals surface area contributed by atoms with Gasteiger partial charge in [-0.3, -0.25) is 9.69 Å². The first-order valence-corrected chi connectivity index (χ1v) is 8.70. The summed E-state index contributed by atoms with van der Waals surface area (Å²) >= 11 is 0. The van der Waals surface area contributed by atoms with Gasteiger partial charge >= 0.3 is 0 Å². The maximum atomic E-state index is 12.1. The molecule has 0 aromatic heterocycles. The van der Waals surface area contributed by atoms with Crippen LogP contribution in [-0.2, 0) is 4.79 Å². The summed E-state index contributed by atoms with van der Waals surface area (Å²) in [5.41, 5.74) is 0.253. The second-order valence-electron chi connectivity index (χ2n) is 7.75. The second kappa shape index (κ2) is 7.59. The number of rotatable bonds is 4. The van der Waals surface area contributed by atoms with Gasteiger partial charge in [0.25, 0.3) is 0 Å². The molecule has 2 saturated heterocycles. The van der Waals surface area contributed by atoms with E-state index in [1.54, 1.807) is 0 Å². The van der Waals surface area contributed by atoms with E-state index < -0.39 is 0 Å². The van der Waals surface area contributed by atoms with Gasteiger partial charge in [-0.2, -0.15) is 0 Å². The van der Waals surface area contributed by atoms with E-state index in [9.17, 15) is 4.79 Å². The van der Waals surface area contributed by atoms with Crippen molar-refractivity contribution >= 4 is 5.91 Å². The smallest absolute Gasteiger partial charge is 0.220 e.